The van der Waals surface area contributed by atoms with Crippen molar-refractivity contribution in [2.24, 2.45) is 0 Å². The maximum absolute atomic E-state index is 9.84. The van der Waals surface area contributed by atoms with Crippen LogP contribution in [0.15, 0.2) is 89.4 Å². The molecule has 30 heavy (non-hydrogen) atoms. The molecule has 4 aromatic rings. The van der Waals surface area contributed by atoms with Crippen molar-refractivity contribution in [2.75, 3.05) is 0 Å². The normalized spacial score (nSPS) is 11.3. The molecule has 0 saturated heterocycles. The molecule has 0 unspecified atom stereocenters. The quantitative estimate of drug-likeness (QED) is 0.230. The van der Waals surface area contributed by atoms with Crippen molar-refractivity contribution in [1.29, 1.82) is 5.26 Å². The molecule has 0 bridgehead atoms. The van der Waals surface area contributed by atoms with E-state index in [1.165, 1.54) is 5.56 Å². The highest BCUT2D eigenvalue weighted by molar-refractivity contribution is 9.10. The third-order valence-corrected chi connectivity index (χ3v) is 5.42. The van der Waals surface area contributed by atoms with Gasteiger partial charge in [-0.3, -0.25) is 0 Å². The third-order valence-electron chi connectivity index (χ3n) is 4.93. The molecule has 0 heterocycles. The number of nitriles is 1. The number of halogens is 1. The van der Waals surface area contributed by atoms with Crippen LogP contribution in [0.2, 0.25) is 0 Å². The zero-order valence-corrected chi connectivity index (χ0v) is 18.2. The fraction of sp³-hybridized carbons (Fsp3) is 0.0741. The summed E-state index contributed by atoms with van der Waals surface area (Å²) in [6.45, 7) is 2.54. The number of allylic oxidation sites excluding steroid dienone is 1. The van der Waals surface area contributed by atoms with Gasteiger partial charge in [-0.25, -0.2) is 0 Å². The summed E-state index contributed by atoms with van der Waals surface area (Å²) in [7, 11) is 0. The summed E-state index contributed by atoms with van der Waals surface area (Å²) < 4.78 is 7.05. The van der Waals surface area contributed by atoms with Gasteiger partial charge in [0, 0.05) is 10.0 Å². The van der Waals surface area contributed by atoms with Gasteiger partial charge in [0.25, 0.3) is 0 Å². The predicted octanol–water partition coefficient (Wildman–Crippen LogP) is 7.55. The van der Waals surface area contributed by atoms with Crippen molar-refractivity contribution in [2.45, 2.75) is 13.5 Å². The van der Waals surface area contributed by atoms with E-state index in [0.717, 1.165) is 37.7 Å². The minimum Gasteiger partial charge on any atom is -0.488 e. The smallest absolute Gasteiger partial charge is 0.127 e. The molecule has 0 atom stereocenters. The minimum atomic E-state index is 0.474. The van der Waals surface area contributed by atoms with E-state index in [1.54, 1.807) is 0 Å². The Bertz CT molecular complexity index is 1280. The second-order valence-electron chi connectivity index (χ2n) is 7.19. The summed E-state index contributed by atoms with van der Waals surface area (Å²) in [5.74, 6) is 0.744. The largest absolute Gasteiger partial charge is 0.488 e. The highest BCUT2D eigenvalue weighted by Gasteiger charge is 2.08. The lowest BCUT2D eigenvalue weighted by Gasteiger charge is -2.11. The van der Waals surface area contributed by atoms with Crippen molar-refractivity contribution < 1.29 is 4.74 Å². The minimum absolute atomic E-state index is 0.474. The van der Waals surface area contributed by atoms with Crippen molar-refractivity contribution in [3.63, 3.8) is 0 Å². The molecule has 0 radical (unpaired) electrons. The van der Waals surface area contributed by atoms with E-state index in [4.69, 9.17) is 4.74 Å². The summed E-state index contributed by atoms with van der Waals surface area (Å²) in [4.78, 5) is 0. The Kier molecular flexibility index (Phi) is 5.97. The first-order chi connectivity index (χ1) is 14.6. The number of benzene rings is 4. The van der Waals surface area contributed by atoms with Crippen LogP contribution in [0.4, 0.5) is 0 Å². The molecule has 0 amide bonds. The summed E-state index contributed by atoms with van der Waals surface area (Å²) in [6.07, 6.45) is 1.89. The lowest BCUT2D eigenvalue weighted by molar-refractivity contribution is 0.305. The molecule has 4 rings (SSSR count). The van der Waals surface area contributed by atoms with E-state index in [2.05, 4.69) is 65.3 Å². The van der Waals surface area contributed by atoms with Crippen molar-refractivity contribution in [3.05, 3.63) is 112 Å². The second kappa shape index (κ2) is 8.98. The molecule has 0 spiro atoms. The third kappa shape index (κ3) is 4.62. The molecule has 0 aliphatic carbocycles. The van der Waals surface area contributed by atoms with Gasteiger partial charge in [0.2, 0.25) is 0 Å². The molecule has 2 nitrogen and oxygen atoms in total. The van der Waals surface area contributed by atoms with Crippen LogP contribution in [0.3, 0.4) is 0 Å². The number of aryl methyl sites for hydroxylation is 1. The van der Waals surface area contributed by atoms with Crippen LogP contribution in [0.25, 0.3) is 22.4 Å². The predicted molar refractivity (Wildman–Crippen MR) is 127 cm³/mol. The van der Waals surface area contributed by atoms with E-state index in [1.807, 2.05) is 54.6 Å². The van der Waals surface area contributed by atoms with Gasteiger partial charge in [0.1, 0.15) is 12.4 Å². The van der Waals surface area contributed by atoms with E-state index < -0.39 is 0 Å². The zero-order valence-electron chi connectivity index (χ0n) is 16.6. The average molecular weight is 454 g/mol. The number of ether oxygens (including phenoxy) is 1. The first-order valence-corrected chi connectivity index (χ1v) is 10.5. The zero-order chi connectivity index (χ0) is 20.9. The van der Waals surface area contributed by atoms with Gasteiger partial charge in [0.15, 0.2) is 0 Å². The summed E-state index contributed by atoms with van der Waals surface area (Å²) in [5, 5.41) is 12.1. The van der Waals surface area contributed by atoms with Crippen molar-refractivity contribution >= 4 is 38.4 Å². The molecule has 0 aliphatic heterocycles. The highest BCUT2D eigenvalue weighted by Crippen LogP contribution is 2.29. The average Bonchev–Trinajstić information content (AvgIpc) is 2.76. The molecule has 3 heteroatoms. The van der Waals surface area contributed by atoms with Crippen LogP contribution in [0.5, 0.6) is 5.75 Å². The molecule has 0 aliphatic rings. The number of hydrogen-bond acceptors (Lipinski definition) is 2. The van der Waals surface area contributed by atoms with Gasteiger partial charge in [-0.15, -0.1) is 0 Å². The van der Waals surface area contributed by atoms with Crippen LogP contribution in [-0.2, 0) is 6.61 Å². The standard InChI is InChI=1S/C27H20BrNO/c1-19-5-4-6-20(13-19)18-30-27-12-11-26(28)16-24(27)15-25(17-29)23-10-9-21-7-2-3-8-22(21)14-23/h2-16H,18H2,1H3/b25-15-. The molecule has 0 fully saturated rings. The fourth-order valence-corrected chi connectivity index (χ4v) is 3.80. The molecule has 0 saturated carbocycles. The molecule has 4 aromatic carbocycles. The first-order valence-electron chi connectivity index (χ1n) is 9.71. The molecular formula is C27H20BrNO. The molecular weight excluding hydrogens is 434 g/mol. The summed E-state index contributed by atoms with van der Waals surface area (Å²) in [5.41, 5.74) is 4.67. The van der Waals surface area contributed by atoms with Crippen LogP contribution in [0, 0.1) is 18.3 Å². The molecule has 0 N–H and O–H groups in total. The topological polar surface area (TPSA) is 33.0 Å². The number of nitrogens with zero attached hydrogens (tertiary/aromatic N) is 1. The van der Waals surface area contributed by atoms with E-state index in [0.29, 0.717) is 12.2 Å². The number of rotatable bonds is 5. The monoisotopic (exact) mass is 453 g/mol. The SMILES string of the molecule is Cc1cccc(COc2ccc(Br)cc2/C=C(/C#N)c2ccc3ccccc3c2)c1. The maximum Gasteiger partial charge on any atom is 0.127 e. The van der Waals surface area contributed by atoms with Crippen LogP contribution in [0.1, 0.15) is 22.3 Å². The van der Waals surface area contributed by atoms with Crippen molar-refractivity contribution in [1.82, 2.24) is 0 Å². The Labute approximate surface area is 185 Å². The van der Waals surface area contributed by atoms with Crippen LogP contribution < -0.4 is 4.74 Å². The Morgan fingerprint density at radius 3 is 2.57 bits per heavy atom. The van der Waals surface area contributed by atoms with E-state index in [-0.39, 0.29) is 0 Å². The first kappa shape index (κ1) is 19.9. The summed E-state index contributed by atoms with van der Waals surface area (Å²) >= 11 is 3.53. The highest BCUT2D eigenvalue weighted by atomic mass is 79.9. The Morgan fingerprint density at radius 1 is 0.933 bits per heavy atom. The summed E-state index contributed by atoms with van der Waals surface area (Å²) in [6, 6.07) is 30.7. The van der Waals surface area contributed by atoms with Crippen molar-refractivity contribution in [3.8, 4) is 11.8 Å². The van der Waals surface area contributed by atoms with E-state index >= 15 is 0 Å². The molecule has 146 valence electrons. The Balaban J connectivity index is 1.68. The van der Waals surface area contributed by atoms with Gasteiger partial charge in [-0.1, -0.05) is 82.2 Å². The van der Waals surface area contributed by atoms with Gasteiger partial charge in [-0.05, 0) is 59.2 Å². The Hall–Kier alpha value is -3.35. The molecule has 0 aromatic heterocycles. The maximum atomic E-state index is 9.84. The van der Waals surface area contributed by atoms with Gasteiger partial charge in [0.05, 0.1) is 11.6 Å². The van der Waals surface area contributed by atoms with Crippen LogP contribution >= 0.6 is 15.9 Å². The number of fused-ring (bicyclic) bond motifs is 1. The van der Waals surface area contributed by atoms with Gasteiger partial charge in [-0.2, -0.15) is 5.26 Å². The fourth-order valence-electron chi connectivity index (χ4n) is 3.42. The number of hydrogen-bond donors (Lipinski definition) is 0. The van der Waals surface area contributed by atoms with E-state index in [9.17, 15) is 5.26 Å². The van der Waals surface area contributed by atoms with Crippen LogP contribution in [-0.4, -0.2) is 0 Å². The Morgan fingerprint density at radius 2 is 1.77 bits per heavy atom. The lowest BCUT2D eigenvalue weighted by Crippen LogP contribution is -1.97. The van der Waals surface area contributed by atoms with Gasteiger partial charge < -0.3 is 4.74 Å². The van der Waals surface area contributed by atoms with Gasteiger partial charge >= 0.3 is 0 Å². The lowest BCUT2D eigenvalue weighted by atomic mass is 10.00. The second-order valence-corrected chi connectivity index (χ2v) is 8.11.